The molecule has 0 saturated carbocycles. The molecule has 26 heavy (non-hydrogen) atoms. The van der Waals surface area contributed by atoms with E-state index in [0.29, 0.717) is 5.92 Å². The summed E-state index contributed by atoms with van der Waals surface area (Å²) in [7, 11) is 0. The quantitative estimate of drug-likeness (QED) is 0.336. The summed E-state index contributed by atoms with van der Waals surface area (Å²) >= 11 is 0. The first-order valence-electron chi connectivity index (χ1n) is 10.7. The average molecular weight is 347 g/mol. The summed E-state index contributed by atoms with van der Waals surface area (Å²) in [5.74, 6) is 1.43. The maximum atomic E-state index is 2.49. The first-order valence-corrected chi connectivity index (χ1v) is 10.7. The van der Waals surface area contributed by atoms with Crippen molar-refractivity contribution in [3.8, 4) is 11.1 Å². The van der Waals surface area contributed by atoms with Crippen LogP contribution >= 0.6 is 0 Å². The summed E-state index contributed by atoms with van der Waals surface area (Å²) in [5.41, 5.74) is 5.56. The van der Waals surface area contributed by atoms with E-state index in [0.717, 1.165) is 5.92 Å². The van der Waals surface area contributed by atoms with Gasteiger partial charge in [0.2, 0.25) is 0 Å². The van der Waals surface area contributed by atoms with Gasteiger partial charge >= 0.3 is 0 Å². The smallest absolute Gasteiger partial charge is 0.00182 e. The highest BCUT2D eigenvalue weighted by molar-refractivity contribution is 5.64. The molecule has 0 saturated heterocycles. The van der Waals surface area contributed by atoms with Gasteiger partial charge in [-0.05, 0) is 53.9 Å². The van der Waals surface area contributed by atoms with Crippen molar-refractivity contribution >= 4 is 0 Å². The Kier molecular flexibility index (Phi) is 7.12. The molecule has 2 aromatic carbocycles. The van der Waals surface area contributed by atoms with Gasteiger partial charge in [0.1, 0.15) is 0 Å². The molecule has 0 N–H and O–H groups in total. The van der Waals surface area contributed by atoms with Gasteiger partial charge in [-0.25, -0.2) is 0 Å². The van der Waals surface area contributed by atoms with Crippen LogP contribution in [0.2, 0.25) is 0 Å². The zero-order valence-electron chi connectivity index (χ0n) is 16.6. The maximum Gasteiger partial charge on any atom is 0.00182 e. The largest absolute Gasteiger partial charge is 0.0848 e. The van der Waals surface area contributed by atoms with E-state index in [-0.39, 0.29) is 0 Å². The molecule has 3 rings (SSSR count). The van der Waals surface area contributed by atoms with Crippen molar-refractivity contribution in [3.63, 3.8) is 0 Å². The lowest BCUT2D eigenvalue weighted by molar-refractivity contribution is 0.460. The summed E-state index contributed by atoms with van der Waals surface area (Å²) in [6.07, 6.45) is 15.5. The molecule has 0 radical (unpaired) electrons. The van der Waals surface area contributed by atoms with Crippen molar-refractivity contribution in [1.29, 1.82) is 0 Å². The van der Waals surface area contributed by atoms with Gasteiger partial charge in [-0.3, -0.25) is 0 Å². The monoisotopic (exact) mass is 346 g/mol. The van der Waals surface area contributed by atoms with Crippen LogP contribution in [-0.2, 0) is 6.42 Å². The lowest BCUT2D eigenvalue weighted by atomic mass is 9.82. The van der Waals surface area contributed by atoms with Crippen molar-refractivity contribution in [2.75, 3.05) is 0 Å². The molecule has 0 amide bonds. The number of aryl methyl sites for hydroxylation is 1. The molecule has 1 aliphatic carbocycles. The van der Waals surface area contributed by atoms with Crippen molar-refractivity contribution in [2.45, 2.75) is 71.1 Å². The molecule has 0 fully saturated rings. The van der Waals surface area contributed by atoms with E-state index in [1.54, 1.807) is 0 Å². The second-order valence-corrected chi connectivity index (χ2v) is 7.89. The van der Waals surface area contributed by atoms with E-state index in [4.69, 9.17) is 0 Å². The molecule has 2 aromatic rings. The van der Waals surface area contributed by atoms with Crippen LogP contribution in [0.1, 0.15) is 75.8 Å². The minimum absolute atomic E-state index is 0.610. The molecule has 0 bridgehead atoms. The highest BCUT2D eigenvalue weighted by Crippen LogP contribution is 2.33. The molecule has 1 aliphatic rings. The molecule has 138 valence electrons. The minimum atomic E-state index is 0.610. The predicted molar refractivity (Wildman–Crippen MR) is 115 cm³/mol. The number of hydrogen-bond donors (Lipinski definition) is 0. The van der Waals surface area contributed by atoms with Crippen LogP contribution in [0, 0.1) is 5.92 Å². The van der Waals surface area contributed by atoms with Gasteiger partial charge in [0.05, 0.1) is 0 Å². The third-order valence-electron chi connectivity index (χ3n) is 5.81. The van der Waals surface area contributed by atoms with Gasteiger partial charge in [-0.2, -0.15) is 0 Å². The molecule has 0 heteroatoms. The fourth-order valence-corrected chi connectivity index (χ4v) is 4.13. The SMILES string of the molecule is CCCCCC1C=CC(c2ccc(-c3ccc(CCC)cc3)cc2)CC1. The number of rotatable bonds is 8. The normalized spacial score (nSPS) is 19.6. The highest BCUT2D eigenvalue weighted by Gasteiger charge is 2.17. The van der Waals surface area contributed by atoms with Gasteiger partial charge < -0.3 is 0 Å². The van der Waals surface area contributed by atoms with E-state index in [9.17, 15) is 0 Å². The van der Waals surface area contributed by atoms with Gasteiger partial charge in [0.25, 0.3) is 0 Å². The summed E-state index contributed by atoms with van der Waals surface area (Å²) in [5, 5.41) is 0. The number of allylic oxidation sites excluding steroid dienone is 2. The van der Waals surface area contributed by atoms with Crippen LogP contribution in [0.4, 0.5) is 0 Å². The standard InChI is InChI=1S/C26H34/c1-3-5-6-8-22-11-15-24(16-12-22)26-19-17-25(18-20-26)23-13-9-21(7-4-2)10-14-23/h9-11,13-15,17-20,22,24H,3-8,12,16H2,1-2H3. The van der Waals surface area contributed by atoms with Crippen molar-refractivity contribution in [3.05, 3.63) is 71.8 Å². The van der Waals surface area contributed by atoms with Crippen molar-refractivity contribution in [2.24, 2.45) is 5.92 Å². The molecule has 0 heterocycles. The number of benzene rings is 2. The van der Waals surface area contributed by atoms with Gasteiger partial charge in [-0.1, -0.05) is 100 Å². The average Bonchev–Trinajstić information content (AvgIpc) is 2.70. The highest BCUT2D eigenvalue weighted by atomic mass is 14.2. The van der Waals surface area contributed by atoms with Crippen LogP contribution in [0.3, 0.4) is 0 Å². The van der Waals surface area contributed by atoms with Crippen molar-refractivity contribution in [1.82, 2.24) is 0 Å². The summed E-state index contributed by atoms with van der Waals surface area (Å²) in [6.45, 7) is 4.52. The maximum absolute atomic E-state index is 2.49. The Bertz CT molecular complexity index is 675. The first kappa shape index (κ1) is 19.0. The molecule has 0 aliphatic heterocycles. The fourth-order valence-electron chi connectivity index (χ4n) is 4.13. The Hall–Kier alpha value is -1.82. The topological polar surface area (TPSA) is 0 Å². The Morgan fingerprint density at radius 1 is 0.731 bits per heavy atom. The molecule has 2 atom stereocenters. The fraction of sp³-hybridized carbons (Fsp3) is 0.462. The summed E-state index contributed by atoms with van der Waals surface area (Å²) in [6, 6.07) is 18.3. The third-order valence-corrected chi connectivity index (χ3v) is 5.81. The second-order valence-electron chi connectivity index (χ2n) is 7.89. The van der Waals surface area contributed by atoms with E-state index in [1.165, 1.54) is 73.6 Å². The van der Waals surface area contributed by atoms with E-state index in [1.807, 2.05) is 0 Å². The Morgan fingerprint density at radius 3 is 2.00 bits per heavy atom. The second kappa shape index (κ2) is 9.76. The molecule has 2 unspecified atom stereocenters. The van der Waals surface area contributed by atoms with Crippen LogP contribution in [0.5, 0.6) is 0 Å². The molecular weight excluding hydrogens is 312 g/mol. The minimum Gasteiger partial charge on any atom is -0.0848 e. The van der Waals surface area contributed by atoms with Gasteiger partial charge in [-0.15, -0.1) is 0 Å². The van der Waals surface area contributed by atoms with E-state index < -0.39 is 0 Å². The lowest BCUT2D eigenvalue weighted by Gasteiger charge is -2.23. The van der Waals surface area contributed by atoms with Crippen LogP contribution in [-0.4, -0.2) is 0 Å². The van der Waals surface area contributed by atoms with E-state index in [2.05, 4.69) is 74.5 Å². The number of unbranched alkanes of at least 4 members (excludes halogenated alkanes) is 2. The van der Waals surface area contributed by atoms with Gasteiger partial charge in [0, 0.05) is 5.92 Å². The zero-order chi connectivity index (χ0) is 18.2. The molecule has 0 aromatic heterocycles. The summed E-state index contributed by atoms with van der Waals surface area (Å²) in [4.78, 5) is 0. The van der Waals surface area contributed by atoms with Crippen LogP contribution in [0.15, 0.2) is 60.7 Å². The molecule has 0 spiro atoms. The zero-order valence-corrected chi connectivity index (χ0v) is 16.6. The number of hydrogen-bond acceptors (Lipinski definition) is 0. The predicted octanol–water partition coefficient (Wildman–Crippen LogP) is 7.94. The molecular formula is C26H34. The van der Waals surface area contributed by atoms with E-state index >= 15 is 0 Å². The lowest BCUT2D eigenvalue weighted by Crippen LogP contribution is -2.07. The van der Waals surface area contributed by atoms with Gasteiger partial charge in [0.15, 0.2) is 0 Å². The van der Waals surface area contributed by atoms with Crippen molar-refractivity contribution < 1.29 is 0 Å². The van der Waals surface area contributed by atoms with Crippen LogP contribution in [0.25, 0.3) is 11.1 Å². The Balaban J connectivity index is 1.60. The summed E-state index contributed by atoms with van der Waals surface area (Å²) < 4.78 is 0. The Labute approximate surface area is 160 Å². The third kappa shape index (κ3) is 5.10. The van der Waals surface area contributed by atoms with Crippen LogP contribution < -0.4 is 0 Å². The Morgan fingerprint density at radius 2 is 1.42 bits per heavy atom. The molecule has 0 nitrogen and oxygen atoms in total. The first-order chi connectivity index (χ1) is 12.8.